The minimum atomic E-state index is -0.327. The minimum Gasteiger partial charge on any atom is -0.310 e. The molecule has 0 radical (unpaired) electrons. The van der Waals surface area contributed by atoms with E-state index < -0.39 is 0 Å². The molecule has 7 aromatic carbocycles. The summed E-state index contributed by atoms with van der Waals surface area (Å²) in [6.45, 7) is 2.36. The third-order valence-corrected chi connectivity index (χ3v) is 11.3. The second-order valence-corrected chi connectivity index (χ2v) is 14.2. The van der Waals surface area contributed by atoms with Gasteiger partial charge in [0.1, 0.15) is 0 Å². The normalized spacial score (nSPS) is 16.1. The zero-order valence-corrected chi connectivity index (χ0v) is 28.6. The molecule has 51 heavy (non-hydrogen) atoms. The fourth-order valence-electron chi connectivity index (χ4n) is 9.01. The molecule has 0 saturated heterocycles. The molecule has 0 fully saturated rings. The Morgan fingerprint density at radius 3 is 1.47 bits per heavy atom. The lowest BCUT2D eigenvalue weighted by atomic mass is 9.67. The van der Waals surface area contributed by atoms with Gasteiger partial charge in [-0.1, -0.05) is 159 Å². The van der Waals surface area contributed by atoms with Crippen LogP contribution in [0.25, 0.3) is 39.0 Å². The van der Waals surface area contributed by atoms with Crippen molar-refractivity contribution in [1.82, 2.24) is 0 Å². The van der Waals surface area contributed by atoms with Gasteiger partial charge in [0.05, 0.1) is 5.41 Å². The SMILES string of the molecule is CC1C=CC2=C(C1)C1(c3cc(N(c4ccc(-c5ccccc5)cc4)c4ccc(-c5ccccc5)cc4)ccc32)c2ccccc2-c2ccccc21. The molecule has 7 aromatic rings. The van der Waals surface area contributed by atoms with Gasteiger partial charge in [0.15, 0.2) is 0 Å². The number of nitrogens with zero attached hydrogens (tertiary/aromatic N) is 1. The second-order valence-electron chi connectivity index (χ2n) is 14.2. The van der Waals surface area contributed by atoms with E-state index in [1.807, 2.05) is 0 Å². The van der Waals surface area contributed by atoms with Gasteiger partial charge < -0.3 is 4.90 Å². The lowest BCUT2D eigenvalue weighted by molar-refractivity contribution is 0.630. The highest BCUT2D eigenvalue weighted by molar-refractivity contribution is 5.98. The van der Waals surface area contributed by atoms with Crippen molar-refractivity contribution in [2.45, 2.75) is 18.8 Å². The quantitative estimate of drug-likeness (QED) is 0.179. The van der Waals surface area contributed by atoms with Crippen molar-refractivity contribution >= 4 is 22.6 Å². The van der Waals surface area contributed by atoms with Crippen LogP contribution in [0.2, 0.25) is 0 Å². The summed E-state index contributed by atoms with van der Waals surface area (Å²) in [5.41, 5.74) is 19.1. The maximum Gasteiger partial charge on any atom is 0.0689 e. The van der Waals surface area contributed by atoms with E-state index in [4.69, 9.17) is 0 Å². The Labute approximate surface area is 300 Å². The number of allylic oxidation sites excluding steroid dienone is 4. The molecule has 1 spiro atoms. The predicted octanol–water partition coefficient (Wildman–Crippen LogP) is 13.2. The van der Waals surface area contributed by atoms with Gasteiger partial charge in [-0.3, -0.25) is 0 Å². The molecule has 0 aliphatic heterocycles. The summed E-state index contributed by atoms with van der Waals surface area (Å²) >= 11 is 0. The van der Waals surface area contributed by atoms with Crippen LogP contribution in [0.4, 0.5) is 17.1 Å². The maximum atomic E-state index is 2.50. The van der Waals surface area contributed by atoms with Crippen molar-refractivity contribution in [3.8, 4) is 33.4 Å². The first kappa shape index (κ1) is 29.7. The summed E-state index contributed by atoms with van der Waals surface area (Å²) < 4.78 is 0. The molecule has 0 N–H and O–H groups in total. The van der Waals surface area contributed by atoms with Gasteiger partial charge in [-0.25, -0.2) is 0 Å². The van der Waals surface area contributed by atoms with Crippen LogP contribution in [0, 0.1) is 5.92 Å². The van der Waals surface area contributed by atoms with Crippen LogP contribution in [0.1, 0.15) is 35.6 Å². The van der Waals surface area contributed by atoms with Crippen molar-refractivity contribution in [2.24, 2.45) is 5.92 Å². The number of benzene rings is 7. The molecule has 1 nitrogen and oxygen atoms in total. The summed E-state index contributed by atoms with van der Waals surface area (Å²) in [5, 5.41) is 0. The Bertz CT molecular complexity index is 2360. The van der Waals surface area contributed by atoms with Crippen LogP contribution < -0.4 is 4.90 Å². The monoisotopic (exact) mass is 651 g/mol. The van der Waals surface area contributed by atoms with Crippen molar-refractivity contribution in [2.75, 3.05) is 4.90 Å². The number of anilines is 3. The molecule has 1 heteroatoms. The van der Waals surface area contributed by atoms with Gasteiger partial charge >= 0.3 is 0 Å². The van der Waals surface area contributed by atoms with Gasteiger partial charge in [-0.05, 0) is 116 Å². The zero-order chi connectivity index (χ0) is 33.9. The van der Waals surface area contributed by atoms with E-state index in [2.05, 4.69) is 200 Å². The fourth-order valence-corrected chi connectivity index (χ4v) is 9.01. The van der Waals surface area contributed by atoms with E-state index in [-0.39, 0.29) is 5.41 Å². The van der Waals surface area contributed by atoms with Gasteiger partial charge in [0.2, 0.25) is 0 Å². The van der Waals surface area contributed by atoms with Crippen LogP contribution in [0.15, 0.2) is 194 Å². The highest BCUT2D eigenvalue weighted by atomic mass is 15.1. The second kappa shape index (κ2) is 11.7. The largest absolute Gasteiger partial charge is 0.310 e. The van der Waals surface area contributed by atoms with Crippen molar-refractivity contribution < 1.29 is 0 Å². The molecule has 1 atom stereocenters. The van der Waals surface area contributed by atoms with Crippen LogP contribution in [-0.4, -0.2) is 0 Å². The first-order valence-electron chi connectivity index (χ1n) is 18.1. The molecule has 0 bridgehead atoms. The number of hydrogen-bond acceptors (Lipinski definition) is 1. The van der Waals surface area contributed by atoms with Gasteiger partial charge in [0.25, 0.3) is 0 Å². The van der Waals surface area contributed by atoms with Crippen molar-refractivity contribution in [3.05, 3.63) is 216 Å². The average molecular weight is 652 g/mol. The molecule has 0 aromatic heterocycles. The third-order valence-electron chi connectivity index (χ3n) is 11.3. The number of fused-ring (bicyclic) bond motifs is 9. The molecule has 0 heterocycles. The lowest BCUT2D eigenvalue weighted by Crippen LogP contribution is -2.29. The van der Waals surface area contributed by atoms with E-state index in [1.165, 1.54) is 66.8 Å². The molecular weight excluding hydrogens is 615 g/mol. The fraction of sp³-hybridized carbons (Fsp3) is 0.0800. The van der Waals surface area contributed by atoms with E-state index in [0.717, 1.165) is 23.5 Å². The summed E-state index contributed by atoms with van der Waals surface area (Å²) in [6.07, 6.45) is 5.85. The first-order chi connectivity index (χ1) is 25.2. The van der Waals surface area contributed by atoms with E-state index in [1.54, 1.807) is 0 Å². The molecule has 0 saturated carbocycles. The van der Waals surface area contributed by atoms with E-state index >= 15 is 0 Å². The summed E-state index contributed by atoms with van der Waals surface area (Å²) in [6, 6.07) is 64.8. The standard InChI is InChI=1S/C50H37N/c1-34-20-30-44-45-31-29-41(33-49(45)50(48(44)32-34)46-18-10-8-16-42(46)43-17-9-11-19-47(43)50)51(39-25-21-37(22-26-39)35-12-4-2-5-13-35)40-27-23-38(24-28-40)36-14-6-3-7-15-36/h2-31,33-34H,32H2,1H3. The molecule has 3 aliphatic rings. The van der Waals surface area contributed by atoms with E-state index in [0.29, 0.717) is 5.92 Å². The van der Waals surface area contributed by atoms with E-state index in [9.17, 15) is 0 Å². The Hall–Kier alpha value is -6.18. The van der Waals surface area contributed by atoms with Crippen LogP contribution in [-0.2, 0) is 5.41 Å². The van der Waals surface area contributed by atoms with Gasteiger partial charge in [0, 0.05) is 17.1 Å². The van der Waals surface area contributed by atoms with Crippen molar-refractivity contribution in [3.63, 3.8) is 0 Å². The minimum absolute atomic E-state index is 0.327. The molecule has 1 unspecified atom stereocenters. The summed E-state index contributed by atoms with van der Waals surface area (Å²) in [4.78, 5) is 2.43. The Morgan fingerprint density at radius 2 is 0.922 bits per heavy atom. The Kier molecular flexibility index (Phi) is 6.82. The maximum absolute atomic E-state index is 2.50. The molecule has 10 rings (SSSR count). The highest BCUT2D eigenvalue weighted by Gasteiger charge is 2.53. The smallest absolute Gasteiger partial charge is 0.0689 e. The molecule has 3 aliphatic carbocycles. The van der Waals surface area contributed by atoms with Crippen LogP contribution >= 0.6 is 0 Å². The molecule has 0 amide bonds. The first-order valence-corrected chi connectivity index (χ1v) is 18.1. The predicted molar refractivity (Wildman–Crippen MR) is 214 cm³/mol. The Morgan fingerprint density at radius 1 is 0.451 bits per heavy atom. The lowest BCUT2D eigenvalue weighted by Gasteiger charge is -2.35. The average Bonchev–Trinajstić information content (AvgIpc) is 3.66. The molecule has 242 valence electrons. The summed E-state index contributed by atoms with van der Waals surface area (Å²) in [7, 11) is 0. The number of hydrogen-bond donors (Lipinski definition) is 0. The van der Waals surface area contributed by atoms with Crippen molar-refractivity contribution in [1.29, 1.82) is 0 Å². The molecular formula is C50H37N. The Balaban J connectivity index is 1.18. The van der Waals surface area contributed by atoms with Crippen LogP contribution in [0.3, 0.4) is 0 Å². The van der Waals surface area contributed by atoms with Gasteiger partial charge in [-0.15, -0.1) is 0 Å². The zero-order valence-electron chi connectivity index (χ0n) is 28.6. The van der Waals surface area contributed by atoms with Gasteiger partial charge in [-0.2, -0.15) is 0 Å². The third kappa shape index (κ3) is 4.55. The van der Waals surface area contributed by atoms with Crippen LogP contribution in [0.5, 0.6) is 0 Å². The highest BCUT2D eigenvalue weighted by Crippen LogP contribution is 2.64. The summed E-state index contributed by atoms with van der Waals surface area (Å²) in [5.74, 6) is 0.483. The topological polar surface area (TPSA) is 3.24 Å². The number of rotatable bonds is 5.